The van der Waals surface area contributed by atoms with E-state index in [1.54, 1.807) is 30.3 Å². The molecule has 0 radical (unpaired) electrons. The fourth-order valence-electron chi connectivity index (χ4n) is 6.11. The molecule has 0 aliphatic heterocycles. The molecule has 2 aromatic carbocycles. The number of anilines is 1. The van der Waals surface area contributed by atoms with Crippen molar-refractivity contribution in [3.63, 3.8) is 0 Å². The van der Waals surface area contributed by atoms with Gasteiger partial charge in [-0.05, 0) is 68.2 Å². The van der Waals surface area contributed by atoms with Crippen molar-refractivity contribution < 1.29 is 18.3 Å². The van der Waals surface area contributed by atoms with Crippen molar-refractivity contribution in [1.82, 2.24) is 14.8 Å². The number of halogens is 2. The molecule has 4 atom stereocenters. The summed E-state index contributed by atoms with van der Waals surface area (Å²) < 4.78 is 36.5. The number of aromatic nitrogens is 3. The molecule has 7 nitrogen and oxygen atoms in total. The summed E-state index contributed by atoms with van der Waals surface area (Å²) in [5, 5.41) is 18.4. The van der Waals surface area contributed by atoms with Gasteiger partial charge in [0.25, 0.3) is 0 Å². The van der Waals surface area contributed by atoms with Gasteiger partial charge in [-0.2, -0.15) is 5.26 Å². The maximum absolute atomic E-state index is 14.5. The molecule has 1 aromatic heterocycles. The van der Waals surface area contributed by atoms with Crippen LogP contribution in [0.3, 0.4) is 0 Å². The zero-order chi connectivity index (χ0) is 27.4. The van der Waals surface area contributed by atoms with E-state index in [0.29, 0.717) is 22.8 Å². The second-order valence-corrected chi connectivity index (χ2v) is 11.2. The number of carbonyl (C=O) groups excluding carboxylic acids is 1. The van der Waals surface area contributed by atoms with Gasteiger partial charge >= 0.3 is 0 Å². The molecule has 2 fully saturated rings. The van der Waals surface area contributed by atoms with Gasteiger partial charge in [0.05, 0.1) is 23.9 Å². The molecule has 0 saturated heterocycles. The fraction of sp³-hybridized carbons (Fsp3) is 0.448. The lowest BCUT2D eigenvalue weighted by Crippen LogP contribution is -2.34. The Kier molecular flexibility index (Phi) is 8.46. The van der Waals surface area contributed by atoms with Gasteiger partial charge in [0, 0.05) is 12.6 Å². The van der Waals surface area contributed by atoms with Gasteiger partial charge in [-0.15, -0.1) is 10.2 Å². The van der Waals surface area contributed by atoms with Crippen LogP contribution in [0.1, 0.15) is 50.9 Å². The summed E-state index contributed by atoms with van der Waals surface area (Å²) in [6.45, 7) is 2.29. The Hall–Kier alpha value is -3.45. The minimum Gasteiger partial charge on any atom is -0.483 e. The zero-order valence-corrected chi connectivity index (χ0v) is 22.6. The van der Waals surface area contributed by atoms with Gasteiger partial charge < -0.3 is 9.64 Å². The van der Waals surface area contributed by atoms with E-state index in [-0.39, 0.29) is 48.7 Å². The van der Waals surface area contributed by atoms with Gasteiger partial charge in [0.2, 0.25) is 5.91 Å². The zero-order valence-electron chi connectivity index (χ0n) is 21.8. The standard InChI is InChI=1S/C29H31F2N5O2S/c1-19(22-16-20-11-12-21(22)15-20)36-27(17-38-26-10-5-3-8-24(26)31)33-34-29(36)39-18-28(37)35(14-6-13-32)25-9-4-2-7-23(25)30/h2-5,7-10,19-22H,6,11-12,14-18H2,1H3/t19-,20+,21+,22+/m1/s1. The molecule has 2 saturated carbocycles. The summed E-state index contributed by atoms with van der Waals surface area (Å²) in [6.07, 6.45) is 4.98. The van der Waals surface area contributed by atoms with Crippen molar-refractivity contribution in [3.05, 3.63) is 66.0 Å². The molecule has 1 amide bonds. The topological polar surface area (TPSA) is 84.0 Å². The monoisotopic (exact) mass is 551 g/mol. The molecule has 5 rings (SSSR count). The summed E-state index contributed by atoms with van der Waals surface area (Å²) in [7, 11) is 0. The number of nitrogens with zero attached hydrogens (tertiary/aromatic N) is 5. The van der Waals surface area contributed by atoms with Gasteiger partial charge in [-0.3, -0.25) is 9.36 Å². The smallest absolute Gasteiger partial charge is 0.237 e. The highest BCUT2D eigenvalue weighted by Crippen LogP contribution is 2.52. The van der Waals surface area contributed by atoms with E-state index in [4.69, 9.17) is 10.00 Å². The van der Waals surface area contributed by atoms with Crippen molar-refractivity contribution >= 4 is 23.4 Å². The van der Waals surface area contributed by atoms with E-state index < -0.39 is 11.6 Å². The normalized spacial score (nSPS) is 20.5. The number of hydrogen-bond acceptors (Lipinski definition) is 6. The van der Waals surface area contributed by atoms with Gasteiger partial charge in [-0.1, -0.05) is 42.4 Å². The third-order valence-corrected chi connectivity index (χ3v) is 8.89. The summed E-state index contributed by atoms with van der Waals surface area (Å²) in [5.41, 5.74) is 0.147. The van der Waals surface area contributed by atoms with Gasteiger partial charge in [-0.25, -0.2) is 8.78 Å². The fourth-order valence-corrected chi connectivity index (χ4v) is 7.03. The molecule has 39 heavy (non-hydrogen) atoms. The number of carbonyl (C=O) groups is 1. The quantitative estimate of drug-likeness (QED) is 0.265. The second-order valence-electron chi connectivity index (χ2n) is 10.3. The third kappa shape index (κ3) is 5.93. The first-order chi connectivity index (χ1) is 19.0. The highest BCUT2D eigenvalue weighted by Gasteiger charge is 2.43. The first-order valence-electron chi connectivity index (χ1n) is 13.3. The average Bonchev–Trinajstić information content (AvgIpc) is 3.68. The Balaban J connectivity index is 1.37. The van der Waals surface area contributed by atoms with E-state index in [1.807, 2.05) is 10.6 Å². The van der Waals surface area contributed by atoms with Crippen molar-refractivity contribution in [2.75, 3.05) is 17.2 Å². The molecule has 0 unspecified atom stereocenters. The molecule has 2 aliphatic carbocycles. The Morgan fingerprint density at radius 1 is 1.15 bits per heavy atom. The number of hydrogen-bond donors (Lipinski definition) is 0. The minimum atomic E-state index is -0.519. The Bertz CT molecular complexity index is 1360. The second kappa shape index (κ2) is 12.2. The number of para-hydroxylation sites is 2. The first kappa shape index (κ1) is 27.1. The summed E-state index contributed by atoms with van der Waals surface area (Å²) in [5.74, 6) is 1.28. The Labute approximate surface area is 231 Å². The molecule has 3 aromatic rings. The predicted octanol–water partition coefficient (Wildman–Crippen LogP) is 6.17. The predicted molar refractivity (Wildman–Crippen MR) is 144 cm³/mol. The molecule has 0 spiro atoms. The van der Waals surface area contributed by atoms with Crippen LogP contribution in [0.2, 0.25) is 0 Å². The van der Waals surface area contributed by atoms with E-state index in [1.165, 1.54) is 54.1 Å². The van der Waals surface area contributed by atoms with Crippen molar-refractivity contribution in [2.45, 2.75) is 56.8 Å². The largest absolute Gasteiger partial charge is 0.483 e. The summed E-state index contributed by atoms with van der Waals surface area (Å²) in [4.78, 5) is 14.6. The van der Waals surface area contributed by atoms with Crippen LogP contribution in [0.4, 0.5) is 14.5 Å². The van der Waals surface area contributed by atoms with Crippen LogP contribution < -0.4 is 9.64 Å². The van der Waals surface area contributed by atoms with Crippen LogP contribution in [0, 0.1) is 40.7 Å². The number of nitriles is 1. The number of amides is 1. The highest BCUT2D eigenvalue weighted by atomic mass is 32.2. The molecule has 10 heteroatoms. The number of ether oxygens (including phenoxy) is 1. The lowest BCUT2D eigenvalue weighted by molar-refractivity contribution is -0.116. The number of thioether (sulfide) groups is 1. The molecule has 0 N–H and O–H groups in total. The van der Waals surface area contributed by atoms with Crippen LogP contribution >= 0.6 is 11.8 Å². The lowest BCUT2D eigenvalue weighted by atomic mass is 9.84. The minimum absolute atomic E-state index is 0.00446. The van der Waals surface area contributed by atoms with Crippen molar-refractivity contribution in [1.29, 1.82) is 5.26 Å². The first-order valence-corrected chi connectivity index (χ1v) is 14.3. The Morgan fingerprint density at radius 3 is 2.62 bits per heavy atom. The van der Waals surface area contributed by atoms with Crippen LogP contribution in [-0.4, -0.2) is 33.0 Å². The molecular formula is C29H31F2N5O2S. The lowest BCUT2D eigenvalue weighted by Gasteiger charge is -2.30. The Morgan fingerprint density at radius 2 is 1.92 bits per heavy atom. The van der Waals surface area contributed by atoms with Gasteiger partial charge in [0.1, 0.15) is 12.4 Å². The molecule has 204 valence electrons. The molecule has 2 aliphatic rings. The summed E-state index contributed by atoms with van der Waals surface area (Å²) in [6, 6.07) is 14.4. The number of fused-ring (bicyclic) bond motifs is 2. The third-order valence-electron chi connectivity index (χ3n) is 7.96. The number of rotatable bonds is 11. The van der Waals surface area contributed by atoms with E-state index in [2.05, 4.69) is 17.1 Å². The molecular weight excluding hydrogens is 520 g/mol. The summed E-state index contributed by atoms with van der Waals surface area (Å²) >= 11 is 1.23. The van der Waals surface area contributed by atoms with Gasteiger partial charge in [0.15, 0.2) is 22.5 Å². The SMILES string of the molecule is C[C@H]([C@@H]1C[C@H]2CC[C@H]1C2)n1c(COc2ccccc2F)nnc1SCC(=O)N(CCC#N)c1ccccc1F. The van der Waals surface area contributed by atoms with E-state index in [9.17, 15) is 13.6 Å². The van der Waals surface area contributed by atoms with E-state index in [0.717, 1.165) is 12.3 Å². The highest BCUT2D eigenvalue weighted by molar-refractivity contribution is 7.99. The van der Waals surface area contributed by atoms with Crippen LogP contribution in [0.15, 0.2) is 53.7 Å². The molecule has 2 bridgehead atoms. The van der Waals surface area contributed by atoms with Crippen LogP contribution in [-0.2, 0) is 11.4 Å². The van der Waals surface area contributed by atoms with Crippen LogP contribution in [0.25, 0.3) is 0 Å². The van der Waals surface area contributed by atoms with Crippen molar-refractivity contribution in [3.8, 4) is 11.8 Å². The van der Waals surface area contributed by atoms with Crippen LogP contribution in [0.5, 0.6) is 5.75 Å². The van der Waals surface area contributed by atoms with E-state index >= 15 is 0 Å². The number of benzene rings is 2. The molecule has 1 heterocycles. The average molecular weight is 552 g/mol. The maximum Gasteiger partial charge on any atom is 0.237 e. The maximum atomic E-state index is 14.5. The van der Waals surface area contributed by atoms with Crippen molar-refractivity contribution in [2.24, 2.45) is 17.8 Å².